The van der Waals surface area contributed by atoms with Gasteiger partial charge < -0.3 is 15.0 Å². The molecule has 0 heterocycles. The number of halogens is 1. The minimum Gasteiger partial charge on any atom is -0.444 e. The standard InChI is InChI=1S/C28H35BrN2O5S/c1-18-14-21(29)15-19(2)24(18)8-7-9-26(32)30-22-10-13-25(37(34,35)23-11-12-23)20(16-22)17-31(6)27(33)36-28(3,4)5/h7-8,10,13-16,23H,9,11-12,17H2,1-6H3,(H,30,32). The lowest BCUT2D eigenvalue weighted by molar-refractivity contribution is -0.115. The molecule has 0 unspecified atom stereocenters. The van der Waals surface area contributed by atoms with Crippen molar-refractivity contribution in [3.63, 3.8) is 0 Å². The SMILES string of the molecule is Cc1cc(Br)cc(C)c1C=CCC(=O)Nc1ccc(S(=O)(=O)C2CC2)c(CN(C)C(=O)OC(C)(C)C)c1. The van der Waals surface area contributed by atoms with Gasteiger partial charge >= 0.3 is 6.09 Å². The second kappa shape index (κ2) is 11.4. The summed E-state index contributed by atoms with van der Waals surface area (Å²) >= 11 is 3.49. The molecule has 0 spiro atoms. The fraction of sp³-hybridized carbons (Fsp3) is 0.429. The molecule has 0 aromatic heterocycles. The van der Waals surface area contributed by atoms with Crippen molar-refractivity contribution in [3.05, 3.63) is 63.1 Å². The van der Waals surface area contributed by atoms with Gasteiger partial charge in [0.2, 0.25) is 5.91 Å². The molecule has 0 atom stereocenters. The van der Waals surface area contributed by atoms with Crippen LogP contribution in [0.15, 0.2) is 45.8 Å². The van der Waals surface area contributed by atoms with Crippen LogP contribution < -0.4 is 5.32 Å². The van der Waals surface area contributed by atoms with Gasteiger partial charge in [-0.1, -0.05) is 28.1 Å². The molecule has 0 radical (unpaired) electrons. The summed E-state index contributed by atoms with van der Waals surface area (Å²) in [6.45, 7) is 9.38. The average Bonchev–Trinajstić information content (AvgIpc) is 3.60. The number of benzene rings is 2. The van der Waals surface area contributed by atoms with Crippen LogP contribution >= 0.6 is 15.9 Å². The Morgan fingerprint density at radius 1 is 1.14 bits per heavy atom. The van der Waals surface area contributed by atoms with Gasteiger partial charge in [0.15, 0.2) is 9.84 Å². The van der Waals surface area contributed by atoms with Crippen molar-refractivity contribution in [2.75, 3.05) is 12.4 Å². The lowest BCUT2D eigenvalue weighted by atomic mass is 10.0. The molecule has 1 fully saturated rings. The van der Waals surface area contributed by atoms with Gasteiger partial charge in [0, 0.05) is 23.6 Å². The minimum absolute atomic E-state index is 0.0297. The van der Waals surface area contributed by atoms with Gasteiger partial charge in [-0.2, -0.15) is 0 Å². The van der Waals surface area contributed by atoms with Crippen LogP contribution in [0.4, 0.5) is 10.5 Å². The summed E-state index contributed by atoms with van der Waals surface area (Å²) in [7, 11) is -1.95. The zero-order valence-corrected chi connectivity index (χ0v) is 24.6. The van der Waals surface area contributed by atoms with E-state index in [0.717, 1.165) is 21.2 Å². The Balaban J connectivity index is 1.77. The van der Waals surface area contributed by atoms with Gasteiger partial charge in [-0.15, -0.1) is 0 Å². The Kier molecular flexibility index (Phi) is 8.90. The molecule has 200 valence electrons. The molecule has 7 nitrogen and oxygen atoms in total. The zero-order chi connectivity index (χ0) is 27.5. The topological polar surface area (TPSA) is 92.8 Å². The highest BCUT2D eigenvalue weighted by Crippen LogP contribution is 2.36. The van der Waals surface area contributed by atoms with Crippen LogP contribution in [-0.4, -0.2) is 43.2 Å². The minimum atomic E-state index is -3.51. The third kappa shape index (κ3) is 7.92. The molecule has 0 aliphatic heterocycles. The van der Waals surface area contributed by atoms with Crippen LogP contribution in [-0.2, 0) is 25.9 Å². The molecule has 3 rings (SSSR count). The van der Waals surface area contributed by atoms with Crippen molar-refractivity contribution in [3.8, 4) is 0 Å². The van der Waals surface area contributed by atoms with Crippen LogP contribution in [0.1, 0.15) is 62.3 Å². The molecule has 9 heteroatoms. The van der Waals surface area contributed by atoms with Gasteiger partial charge in [-0.05, 0) is 100 Å². The van der Waals surface area contributed by atoms with E-state index in [1.54, 1.807) is 40.0 Å². The van der Waals surface area contributed by atoms with Crippen LogP contribution in [0.3, 0.4) is 0 Å². The number of anilines is 1. The normalized spacial score (nSPS) is 14.0. The lowest BCUT2D eigenvalue weighted by Crippen LogP contribution is -2.34. The van der Waals surface area contributed by atoms with Gasteiger partial charge in [0.25, 0.3) is 0 Å². The molecular weight excluding hydrogens is 556 g/mol. The summed E-state index contributed by atoms with van der Waals surface area (Å²) in [5, 5.41) is 2.45. The zero-order valence-electron chi connectivity index (χ0n) is 22.2. The maximum Gasteiger partial charge on any atom is 0.410 e. The quantitative estimate of drug-likeness (QED) is 0.383. The van der Waals surface area contributed by atoms with Crippen LogP contribution in [0.5, 0.6) is 0 Å². The number of rotatable bonds is 8. The van der Waals surface area contributed by atoms with Crippen molar-refractivity contribution in [1.82, 2.24) is 4.90 Å². The predicted molar refractivity (Wildman–Crippen MR) is 150 cm³/mol. The molecule has 2 amide bonds. The Labute approximate surface area is 228 Å². The number of hydrogen-bond donors (Lipinski definition) is 1. The maximum atomic E-state index is 13.0. The Hall–Kier alpha value is -2.65. The summed E-state index contributed by atoms with van der Waals surface area (Å²) in [5.41, 5.74) is 3.51. The number of ether oxygens (including phenoxy) is 1. The fourth-order valence-corrected chi connectivity index (χ4v) is 6.51. The summed E-state index contributed by atoms with van der Waals surface area (Å²) in [5.74, 6) is -0.229. The predicted octanol–water partition coefficient (Wildman–Crippen LogP) is 6.41. The Bertz CT molecular complexity index is 1300. The summed E-state index contributed by atoms with van der Waals surface area (Å²) in [6, 6.07) is 8.79. The highest BCUT2D eigenvalue weighted by Gasteiger charge is 2.38. The smallest absolute Gasteiger partial charge is 0.410 e. The molecule has 37 heavy (non-hydrogen) atoms. The molecule has 1 N–H and O–H groups in total. The van der Waals surface area contributed by atoms with Crippen LogP contribution in [0, 0.1) is 13.8 Å². The van der Waals surface area contributed by atoms with Crippen molar-refractivity contribution >= 4 is 49.5 Å². The van der Waals surface area contributed by atoms with Crippen molar-refractivity contribution in [2.24, 2.45) is 0 Å². The molecule has 2 aromatic carbocycles. The second-order valence-electron chi connectivity index (χ2n) is 10.5. The largest absolute Gasteiger partial charge is 0.444 e. The van der Waals surface area contributed by atoms with Crippen molar-refractivity contribution < 1.29 is 22.7 Å². The number of carbonyl (C=O) groups excluding carboxylic acids is 2. The van der Waals surface area contributed by atoms with Crippen LogP contribution in [0.25, 0.3) is 6.08 Å². The molecule has 2 aromatic rings. The Morgan fingerprint density at radius 2 is 1.76 bits per heavy atom. The van der Waals surface area contributed by atoms with Gasteiger partial charge in [-0.25, -0.2) is 13.2 Å². The number of carbonyl (C=O) groups is 2. The highest BCUT2D eigenvalue weighted by molar-refractivity contribution is 9.10. The van der Waals surface area contributed by atoms with Crippen LogP contribution in [0.2, 0.25) is 0 Å². The number of aryl methyl sites for hydroxylation is 2. The van der Waals surface area contributed by atoms with E-state index in [1.807, 2.05) is 38.1 Å². The van der Waals surface area contributed by atoms with Crippen molar-refractivity contribution in [1.29, 1.82) is 0 Å². The van der Waals surface area contributed by atoms with Gasteiger partial charge in [-0.3, -0.25) is 4.79 Å². The molecular formula is C28H35BrN2O5S. The Morgan fingerprint density at radius 3 is 2.32 bits per heavy atom. The van der Waals surface area contributed by atoms with Gasteiger partial charge in [0.1, 0.15) is 5.60 Å². The number of nitrogens with one attached hydrogen (secondary N) is 1. The number of hydrogen-bond acceptors (Lipinski definition) is 5. The monoisotopic (exact) mass is 590 g/mol. The fourth-order valence-electron chi connectivity index (χ4n) is 3.96. The molecule has 0 saturated heterocycles. The van der Waals surface area contributed by atoms with E-state index in [2.05, 4.69) is 21.2 Å². The number of nitrogens with zero attached hydrogens (tertiary/aromatic N) is 1. The van der Waals surface area contributed by atoms with E-state index >= 15 is 0 Å². The second-order valence-corrected chi connectivity index (χ2v) is 13.6. The molecule has 1 saturated carbocycles. The van der Waals surface area contributed by atoms with E-state index in [0.29, 0.717) is 24.1 Å². The third-order valence-electron chi connectivity index (χ3n) is 5.87. The molecule has 1 aliphatic rings. The third-order valence-corrected chi connectivity index (χ3v) is 8.69. The van der Waals surface area contributed by atoms with E-state index < -0.39 is 26.8 Å². The van der Waals surface area contributed by atoms with E-state index in [4.69, 9.17) is 4.74 Å². The first kappa shape index (κ1) is 28.9. The first-order chi connectivity index (χ1) is 17.2. The molecule has 0 bridgehead atoms. The van der Waals surface area contributed by atoms with Gasteiger partial charge in [0.05, 0.1) is 16.7 Å². The lowest BCUT2D eigenvalue weighted by Gasteiger charge is -2.25. The first-order valence-electron chi connectivity index (χ1n) is 12.2. The van der Waals surface area contributed by atoms with Crippen molar-refractivity contribution in [2.45, 2.75) is 76.2 Å². The molecule has 1 aliphatic carbocycles. The number of sulfone groups is 1. The first-order valence-corrected chi connectivity index (χ1v) is 14.6. The van der Waals surface area contributed by atoms with E-state index in [-0.39, 0.29) is 23.8 Å². The van der Waals surface area contributed by atoms with E-state index in [9.17, 15) is 18.0 Å². The summed E-state index contributed by atoms with van der Waals surface area (Å²) < 4.78 is 32.5. The highest BCUT2D eigenvalue weighted by atomic mass is 79.9. The number of amides is 2. The summed E-state index contributed by atoms with van der Waals surface area (Å²) in [4.78, 5) is 26.7. The van der Waals surface area contributed by atoms with E-state index in [1.165, 1.54) is 11.0 Å². The summed E-state index contributed by atoms with van der Waals surface area (Å²) in [6.07, 6.45) is 4.60. The average molecular weight is 592 g/mol. The maximum absolute atomic E-state index is 13.0.